The van der Waals surface area contributed by atoms with Gasteiger partial charge in [0.05, 0.1) is 0 Å². The maximum absolute atomic E-state index is 4.60. The molecule has 4 heterocycles. The lowest BCUT2D eigenvalue weighted by molar-refractivity contribution is 0.446. The zero-order valence-corrected chi connectivity index (χ0v) is 12.7. The van der Waals surface area contributed by atoms with Crippen molar-refractivity contribution >= 4 is 23.0 Å². The fourth-order valence-electron chi connectivity index (χ4n) is 3.04. The molecule has 0 fully saturated rings. The van der Waals surface area contributed by atoms with E-state index in [4.69, 9.17) is 0 Å². The molecule has 3 aromatic rings. The lowest BCUT2D eigenvalue weighted by Crippen LogP contribution is -2.24. The van der Waals surface area contributed by atoms with Gasteiger partial charge in [-0.25, -0.2) is 9.29 Å². The van der Waals surface area contributed by atoms with Gasteiger partial charge >= 0.3 is 0 Å². The van der Waals surface area contributed by atoms with Crippen LogP contribution in [0.15, 0.2) is 36.9 Å². The van der Waals surface area contributed by atoms with E-state index in [1.807, 2.05) is 18.6 Å². The van der Waals surface area contributed by atoms with E-state index in [1.54, 1.807) is 11.9 Å². The Morgan fingerprint density at radius 3 is 2.95 bits per heavy atom. The fourth-order valence-corrected chi connectivity index (χ4v) is 3.59. The van der Waals surface area contributed by atoms with Crippen molar-refractivity contribution in [1.82, 2.24) is 19.3 Å². The Kier molecular flexibility index (Phi) is 3.16. The molecule has 0 aromatic carbocycles. The van der Waals surface area contributed by atoms with Crippen molar-refractivity contribution < 1.29 is 0 Å². The van der Waals surface area contributed by atoms with E-state index >= 15 is 0 Å². The molecule has 4 nitrogen and oxygen atoms in total. The minimum absolute atomic E-state index is 0.973. The fraction of sp³-hybridized carbons (Fsp3) is 0.250. The van der Waals surface area contributed by atoms with Crippen molar-refractivity contribution in [1.29, 1.82) is 0 Å². The van der Waals surface area contributed by atoms with Crippen LogP contribution in [0.1, 0.15) is 11.1 Å². The van der Waals surface area contributed by atoms with Crippen LogP contribution in [0.3, 0.4) is 0 Å². The molecule has 0 unspecified atom stereocenters. The second kappa shape index (κ2) is 5.16. The summed E-state index contributed by atoms with van der Waals surface area (Å²) < 4.78 is 2.38. The van der Waals surface area contributed by atoms with E-state index in [0.717, 1.165) is 25.2 Å². The van der Waals surface area contributed by atoms with Crippen LogP contribution in [-0.4, -0.2) is 32.1 Å². The van der Waals surface area contributed by atoms with Crippen molar-refractivity contribution in [2.75, 3.05) is 12.8 Å². The largest absolute Gasteiger partial charge is 0.346 e. The molecule has 0 atom stereocenters. The third kappa shape index (κ3) is 2.13. The first-order valence-electron chi connectivity index (χ1n) is 7.04. The van der Waals surface area contributed by atoms with Crippen LogP contribution in [0, 0.1) is 0 Å². The van der Waals surface area contributed by atoms with E-state index < -0.39 is 0 Å². The third-order valence-corrected chi connectivity index (χ3v) is 4.93. The second-order valence-electron chi connectivity index (χ2n) is 5.22. The highest BCUT2D eigenvalue weighted by molar-refractivity contribution is 7.96. The molecule has 1 aliphatic rings. The smallest absolute Gasteiger partial charge is 0.138 e. The first-order chi connectivity index (χ1) is 10.4. The molecular formula is C16H16N4S. The van der Waals surface area contributed by atoms with Crippen LogP contribution in [-0.2, 0) is 13.0 Å². The lowest BCUT2D eigenvalue weighted by Gasteiger charge is -2.26. The molecule has 0 saturated carbocycles. The number of aromatic nitrogens is 3. The summed E-state index contributed by atoms with van der Waals surface area (Å²) in [6, 6.07) is 4.11. The van der Waals surface area contributed by atoms with Gasteiger partial charge in [0.25, 0.3) is 0 Å². The number of pyridine rings is 2. The van der Waals surface area contributed by atoms with Crippen LogP contribution in [0.5, 0.6) is 0 Å². The molecule has 5 heteroatoms. The first-order valence-corrected chi connectivity index (χ1v) is 8.22. The molecular weight excluding hydrogens is 280 g/mol. The summed E-state index contributed by atoms with van der Waals surface area (Å²) in [6.07, 6.45) is 11.0. The Bertz CT molecular complexity index is 782. The number of nitrogens with one attached hydrogen (secondary N) is 1. The van der Waals surface area contributed by atoms with Crippen molar-refractivity contribution in [3.63, 3.8) is 0 Å². The Labute approximate surface area is 127 Å². The highest BCUT2D eigenvalue weighted by Gasteiger charge is 2.21. The zero-order chi connectivity index (χ0) is 14.2. The molecule has 4 rings (SSSR count). The molecule has 1 N–H and O–H groups in total. The number of hydrogen-bond acceptors (Lipinski definition) is 4. The van der Waals surface area contributed by atoms with E-state index in [2.05, 4.69) is 43.8 Å². The van der Waals surface area contributed by atoms with Crippen LogP contribution in [0.25, 0.3) is 22.2 Å². The Balaban J connectivity index is 1.91. The highest BCUT2D eigenvalue weighted by atomic mass is 32.2. The minimum atomic E-state index is 0.973. The molecule has 0 amide bonds. The van der Waals surface area contributed by atoms with Gasteiger partial charge in [-0.15, -0.1) is 0 Å². The number of hydrogen-bond donors (Lipinski definition) is 1. The molecule has 0 spiro atoms. The standard InChI is InChI=1S/C16H16N4S/c1-21-20-7-4-13-12(10-20)8-18-16-15(13)14(9-19-16)11-2-5-17-6-3-11/h2-3,5-6,8-9H,4,7,10H2,1H3,(H,18,19). The summed E-state index contributed by atoms with van der Waals surface area (Å²) in [7, 11) is 0. The van der Waals surface area contributed by atoms with Gasteiger partial charge in [0.1, 0.15) is 5.65 Å². The number of H-pyrrole nitrogens is 1. The number of nitrogens with zero attached hydrogens (tertiary/aromatic N) is 3. The monoisotopic (exact) mass is 296 g/mol. The topological polar surface area (TPSA) is 44.8 Å². The molecule has 0 bridgehead atoms. The highest BCUT2D eigenvalue weighted by Crippen LogP contribution is 2.34. The summed E-state index contributed by atoms with van der Waals surface area (Å²) in [4.78, 5) is 12.0. The molecule has 106 valence electrons. The van der Waals surface area contributed by atoms with E-state index in [-0.39, 0.29) is 0 Å². The van der Waals surface area contributed by atoms with Crippen molar-refractivity contribution in [2.45, 2.75) is 13.0 Å². The number of aromatic amines is 1. The SMILES string of the molecule is CSN1CCc2c(cnc3[nH]cc(-c4ccncc4)c23)C1. The summed E-state index contributed by atoms with van der Waals surface area (Å²) in [5.41, 5.74) is 6.20. The summed E-state index contributed by atoms with van der Waals surface area (Å²) in [5.74, 6) is 0. The van der Waals surface area contributed by atoms with Crippen molar-refractivity contribution in [2.24, 2.45) is 0 Å². The van der Waals surface area contributed by atoms with E-state index in [1.165, 1.54) is 27.6 Å². The Morgan fingerprint density at radius 1 is 1.29 bits per heavy atom. The van der Waals surface area contributed by atoms with Gasteiger partial charge in [-0.05, 0) is 41.5 Å². The molecule has 0 radical (unpaired) electrons. The van der Waals surface area contributed by atoms with E-state index in [9.17, 15) is 0 Å². The summed E-state index contributed by atoms with van der Waals surface area (Å²) in [6.45, 7) is 2.06. The van der Waals surface area contributed by atoms with Gasteiger partial charge in [-0.1, -0.05) is 11.9 Å². The predicted molar refractivity (Wildman–Crippen MR) is 87.0 cm³/mol. The number of rotatable bonds is 2. The summed E-state index contributed by atoms with van der Waals surface area (Å²) in [5, 5.41) is 1.28. The van der Waals surface area contributed by atoms with Crippen LogP contribution >= 0.6 is 11.9 Å². The van der Waals surface area contributed by atoms with E-state index in [0.29, 0.717) is 0 Å². The van der Waals surface area contributed by atoms with Gasteiger partial charge in [-0.2, -0.15) is 0 Å². The molecule has 1 aliphatic heterocycles. The van der Waals surface area contributed by atoms with Gasteiger partial charge < -0.3 is 4.98 Å². The molecule has 3 aromatic heterocycles. The van der Waals surface area contributed by atoms with Crippen LogP contribution in [0.4, 0.5) is 0 Å². The molecule has 0 aliphatic carbocycles. The van der Waals surface area contributed by atoms with Gasteiger partial charge in [-0.3, -0.25) is 4.98 Å². The van der Waals surface area contributed by atoms with Crippen LogP contribution in [0.2, 0.25) is 0 Å². The van der Waals surface area contributed by atoms with Crippen molar-refractivity contribution in [3.8, 4) is 11.1 Å². The lowest BCUT2D eigenvalue weighted by atomic mass is 9.96. The average Bonchev–Trinajstić information content (AvgIpc) is 2.99. The van der Waals surface area contributed by atoms with Crippen molar-refractivity contribution in [3.05, 3.63) is 48.0 Å². The molecule has 21 heavy (non-hydrogen) atoms. The maximum atomic E-state index is 4.60. The minimum Gasteiger partial charge on any atom is -0.346 e. The predicted octanol–water partition coefficient (Wildman–Crippen LogP) is 3.26. The second-order valence-corrected chi connectivity index (χ2v) is 6.10. The Hall–Kier alpha value is -1.85. The average molecular weight is 296 g/mol. The molecule has 0 saturated heterocycles. The zero-order valence-electron chi connectivity index (χ0n) is 11.8. The van der Waals surface area contributed by atoms with Gasteiger partial charge in [0.2, 0.25) is 0 Å². The maximum Gasteiger partial charge on any atom is 0.138 e. The quantitative estimate of drug-likeness (QED) is 0.737. The Morgan fingerprint density at radius 2 is 2.14 bits per heavy atom. The summed E-state index contributed by atoms with van der Waals surface area (Å²) >= 11 is 1.81. The number of fused-ring (bicyclic) bond motifs is 3. The normalized spacial score (nSPS) is 15.3. The van der Waals surface area contributed by atoms with Gasteiger partial charge in [0.15, 0.2) is 0 Å². The third-order valence-electron chi connectivity index (χ3n) is 4.11. The van der Waals surface area contributed by atoms with Crippen LogP contribution < -0.4 is 0 Å². The first kappa shape index (κ1) is 12.9. The van der Waals surface area contributed by atoms with Gasteiger partial charge in [0, 0.05) is 48.8 Å².